The van der Waals surface area contributed by atoms with Crippen LogP contribution in [0.25, 0.3) is 11.4 Å². The van der Waals surface area contributed by atoms with Crippen LogP contribution in [-0.4, -0.2) is 40.5 Å². The van der Waals surface area contributed by atoms with E-state index >= 15 is 0 Å². The lowest BCUT2D eigenvalue weighted by molar-refractivity contribution is -0.125. The van der Waals surface area contributed by atoms with Crippen molar-refractivity contribution in [2.24, 2.45) is 5.92 Å². The van der Waals surface area contributed by atoms with Crippen LogP contribution < -0.4 is 10.1 Å². The van der Waals surface area contributed by atoms with Gasteiger partial charge in [-0.1, -0.05) is 44.2 Å². The number of carbonyl (C=O) groups is 1. The van der Waals surface area contributed by atoms with Crippen LogP contribution in [-0.2, 0) is 17.6 Å². The molecule has 1 amide bonds. The Hall–Kier alpha value is -2.08. The summed E-state index contributed by atoms with van der Waals surface area (Å²) >= 11 is 1.94. The predicted octanol–water partition coefficient (Wildman–Crippen LogP) is 4.30. The predicted molar refractivity (Wildman–Crippen MR) is 119 cm³/mol. The average Bonchev–Trinajstić information content (AvgIpc) is 2.96. The van der Waals surface area contributed by atoms with Gasteiger partial charge in [-0.05, 0) is 43.1 Å². The molecule has 0 saturated heterocycles. The molecule has 1 N–H and O–H groups in total. The summed E-state index contributed by atoms with van der Waals surface area (Å²) in [5.74, 6) is 2.60. The molecule has 0 radical (unpaired) electrons. The highest BCUT2D eigenvalue weighted by molar-refractivity contribution is 7.99. The van der Waals surface area contributed by atoms with Gasteiger partial charge in [-0.3, -0.25) is 4.79 Å². The number of hydrogen-bond acceptors (Lipinski definition) is 5. The van der Waals surface area contributed by atoms with Crippen LogP contribution in [0.2, 0.25) is 0 Å². The Labute approximate surface area is 178 Å². The molecule has 29 heavy (non-hydrogen) atoms. The van der Waals surface area contributed by atoms with E-state index in [4.69, 9.17) is 9.72 Å². The van der Waals surface area contributed by atoms with E-state index in [2.05, 4.69) is 24.1 Å². The topological polar surface area (TPSA) is 64.1 Å². The number of nitrogens with zero attached hydrogens (tertiary/aromatic N) is 2. The van der Waals surface area contributed by atoms with Gasteiger partial charge in [-0.25, -0.2) is 4.98 Å². The van der Waals surface area contributed by atoms with E-state index in [1.54, 1.807) is 7.11 Å². The summed E-state index contributed by atoms with van der Waals surface area (Å²) in [5.41, 5.74) is 3.04. The summed E-state index contributed by atoms with van der Waals surface area (Å²) in [6, 6.07) is 9.96. The van der Waals surface area contributed by atoms with E-state index < -0.39 is 0 Å². The van der Waals surface area contributed by atoms with Crippen molar-refractivity contribution >= 4 is 17.7 Å². The Morgan fingerprint density at radius 3 is 2.69 bits per heavy atom. The zero-order valence-corrected chi connectivity index (χ0v) is 18.4. The summed E-state index contributed by atoms with van der Waals surface area (Å²) in [6.07, 6.45) is 4.18. The highest BCUT2D eigenvalue weighted by Gasteiger charge is 2.26. The third kappa shape index (κ3) is 5.95. The molecule has 0 bridgehead atoms. The number of amides is 1. The molecule has 5 nitrogen and oxygen atoms in total. The van der Waals surface area contributed by atoms with Gasteiger partial charge in [-0.15, -0.1) is 0 Å². The smallest absolute Gasteiger partial charge is 0.223 e. The highest BCUT2D eigenvalue weighted by atomic mass is 32.2. The minimum absolute atomic E-state index is 0.0202. The van der Waals surface area contributed by atoms with Gasteiger partial charge in [0, 0.05) is 23.6 Å². The summed E-state index contributed by atoms with van der Waals surface area (Å²) in [7, 11) is 1.65. The summed E-state index contributed by atoms with van der Waals surface area (Å²) in [6.45, 7) is 5.16. The zero-order valence-electron chi connectivity index (χ0n) is 17.6. The molecule has 0 aliphatic heterocycles. The van der Waals surface area contributed by atoms with Gasteiger partial charge in [0.1, 0.15) is 0 Å². The first-order chi connectivity index (χ1) is 14.1. The SMILES string of the molecule is COc1nc(-c2ccccc2)nc2c1CCC(C(=O)NCCCSC(C)C)CC2. The molecule has 3 rings (SSSR count). The van der Waals surface area contributed by atoms with Crippen molar-refractivity contribution in [2.75, 3.05) is 19.4 Å². The molecule has 1 aromatic heterocycles. The average molecular weight is 414 g/mol. The van der Waals surface area contributed by atoms with Gasteiger partial charge in [0.25, 0.3) is 0 Å². The lowest BCUT2D eigenvalue weighted by atomic mass is 9.99. The number of benzene rings is 1. The lowest BCUT2D eigenvalue weighted by Crippen LogP contribution is -2.32. The Kier molecular flexibility index (Phi) is 7.92. The number of rotatable bonds is 8. The second-order valence-corrected chi connectivity index (χ2v) is 9.37. The molecule has 0 spiro atoms. The third-order valence-electron chi connectivity index (χ3n) is 5.19. The second-order valence-electron chi connectivity index (χ2n) is 7.69. The number of aryl methyl sites for hydroxylation is 1. The first-order valence-corrected chi connectivity index (χ1v) is 11.5. The number of aromatic nitrogens is 2. The second kappa shape index (κ2) is 10.6. The van der Waals surface area contributed by atoms with Crippen LogP contribution in [0.3, 0.4) is 0 Å². The van der Waals surface area contributed by atoms with E-state index in [9.17, 15) is 4.79 Å². The number of methoxy groups -OCH3 is 1. The van der Waals surface area contributed by atoms with E-state index in [0.717, 1.165) is 61.2 Å². The zero-order chi connectivity index (χ0) is 20.6. The molecule has 1 aromatic carbocycles. The van der Waals surface area contributed by atoms with Gasteiger partial charge in [0.2, 0.25) is 11.8 Å². The minimum Gasteiger partial charge on any atom is -0.481 e. The monoisotopic (exact) mass is 413 g/mol. The van der Waals surface area contributed by atoms with Crippen molar-refractivity contribution in [1.29, 1.82) is 0 Å². The Balaban J connectivity index is 1.64. The quantitative estimate of drug-likeness (QED) is 0.516. The van der Waals surface area contributed by atoms with E-state index in [-0.39, 0.29) is 11.8 Å². The molecule has 0 saturated carbocycles. The maximum absolute atomic E-state index is 12.7. The number of carbonyl (C=O) groups excluding carboxylic acids is 1. The molecule has 0 fully saturated rings. The third-order valence-corrected chi connectivity index (χ3v) is 6.39. The van der Waals surface area contributed by atoms with Gasteiger partial charge in [-0.2, -0.15) is 16.7 Å². The molecule has 1 aliphatic carbocycles. The van der Waals surface area contributed by atoms with Crippen LogP contribution >= 0.6 is 11.8 Å². The molecule has 6 heteroatoms. The molecule has 1 heterocycles. The Morgan fingerprint density at radius 1 is 1.21 bits per heavy atom. The van der Waals surface area contributed by atoms with Gasteiger partial charge < -0.3 is 10.1 Å². The number of fused-ring (bicyclic) bond motifs is 1. The van der Waals surface area contributed by atoms with Gasteiger partial charge in [0.15, 0.2) is 5.82 Å². The maximum Gasteiger partial charge on any atom is 0.223 e. The molecular weight excluding hydrogens is 382 g/mol. The number of nitrogens with one attached hydrogen (secondary N) is 1. The van der Waals surface area contributed by atoms with Crippen molar-refractivity contribution in [3.8, 4) is 17.3 Å². The largest absolute Gasteiger partial charge is 0.481 e. The fraction of sp³-hybridized carbons (Fsp3) is 0.522. The summed E-state index contributed by atoms with van der Waals surface area (Å²) < 4.78 is 5.58. The Bertz CT molecular complexity index is 811. The molecular formula is C23H31N3O2S. The van der Waals surface area contributed by atoms with E-state index in [1.807, 2.05) is 42.1 Å². The van der Waals surface area contributed by atoms with Crippen LogP contribution in [0.15, 0.2) is 30.3 Å². The summed E-state index contributed by atoms with van der Waals surface area (Å²) in [4.78, 5) is 22.1. The van der Waals surface area contributed by atoms with Crippen molar-refractivity contribution in [2.45, 2.75) is 51.2 Å². The van der Waals surface area contributed by atoms with E-state index in [1.165, 1.54) is 0 Å². The Morgan fingerprint density at radius 2 is 1.97 bits per heavy atom. The standard InChI is InChI=1S/C23H31N3O2S/c1-16(2)29-15-7-14-24-22(27)18-10-12-19-20(13-11-18)25-21(26-23(19)28-3)17-8-5-4-6-9-17/h4-6,8-9,16,18H,7,10-15H2,1-3H3,(H,24,27). The summed E-state index contributed by atoms with van der Waals surface area (Å²) in [5, 5.41) is 3.77. The van der Waals surface area contributed by atoms with Crippen LogP contribution in [0.5, 0.6) is 5.88 Å². The number of thioether (sulfide) groups is 1. The van der Waals surface area contributed by atoms with Crippen molar-refractivity contribution < 1.29 is 9.53 Å². The normalized spacial score (nSPS) is 16.2. The molecule has 156 valence electrons. The first-order valence-electron chi connectivity index (χ1n) is 10.5. The highest BCUT2D eigenvalue weighted by Crippen LogP contribution is 2.31. The fourth-order valence-electron chi connectivity index (χ4n) is 3.63. The van der Waals surface area contributed by atoms with Crippen molar-refractivity contribution in [3.05, 3.63) is 41.6 Å². The molecule has 2 aromatic rings. The van der Waals surface area contributed by atoms with Crippen LogP contribution in [0, 0.1) is 5.92 Å². The van der Waals surface area contributed by atoms with E-state index in [0.29, 0.717) is 17.0 Å². The van der Waals surface area contributed by atoms with Gasteiger partial charge >= 0.3 is 0 Å². The van der Waals surface area contributed by atoms with Crippen LogP contribution in [0.4, 0.5) is 0 Å². The molecule has 1 aliphatic rings. The van der Waals surface area contributed by atoms with Gasteiger partial charge in [0.05, 0.1) is 12.8 Å². The molecule has 1 unspecified atom stereocenters. The van der Waals surface area contributed by atoms with Crippen molar-refractivity contribution in [1.82, 2.24) is 15.3 Å². The minimum atomic E-state index is 0.0202. The van der Waals surface area contributed by atoms with Crippen molar-refractivity contribution in [3.63, 3.8) is 0 Å². The maximum atomic E-state index is 12.7. The van der Waals surface area contributed by atoms with Crippen LogP contribution in [0.1, 0.15) is 44.4 Å². The lowest BCUT2D eigenvalue weighted by Gasteiger charge is -2.14. The molecule has 1 atom stereocenters. The fourth-order valence-corrected chi connectivity index (χ4v) is 4.42. The first kappa shape index (κ1) is 21.6. The number of ether oxygens (including phenoxy) is 1. The number of hydrogen-bond donors (Lipinski definition) is 1.